The Morgan fingerprint density at radius 1 is 1.27 bits per heavy atom. The zero-order valence-electron chi connectivity index (χ0n) is 17.3. The van der Waals surface area contributed by atoms with Crippen LogP contribution in [0.15, 0.2) is 30.4 Å². The fourth-order valence-electron chi connectivity index (χ4n) is 4.67. The molecule has 0 aliphatic carbocycles. The molecule has 8 heteroatoms. The van der Waals surface area contributed by atoms with E-state index in [1.165, 1.54) is 7.11 Å². The fourth-order valence-corrected chi connectivity index (χ4v) is 4.67. The summed E-state index contributed by atoms with van der Waals surface area (Å²) in [5.41, 5.74) is 2.09. The lowest BCUT2D eigenvalue weighted by Crippen LogP contribution is -2.41. The van der Waals surface area contributed by atoms with Gasteiger partial charge in [-0.05, 0) is 37.1 Å². The van der Waals surface area contributed by atoms with Gasteiger partial charge in [-0.25, -0.2) is 0 Å². The van der Waals surface area contributed by atoms with Crippen molar-refractivity contribution in [1.29, 1.82) is 0 Å². The number of fused-ring (bicyclic) bond motifs is 1. The third kappa shape index (κ3) is 3.50. The predicted molar refractivity (Wildman–Crippen MR) is 108 cm³/mol. The summed E-state index contributed by atoms with van der Waals surface area (Å²) in [7, 11) is 1.53. The van der Waals surface area contributed by atoms with E-state index in [0.717, 1.165) is 16.8 Å². The number of amides is 2. The molecule has 2 fully saturated rings. The lowest BCUT2D eigenvalue weighted by atomic mass is 9.77. The number of carbonyl (C=O) groups excluding carboxylic acids is 3. The van der Waals surface area contributed by atoms with Crippen molar-refractivity contribution in [2.24, 2.45) is 11.8 Å². The standard InChI is InChI=1S/C22H26N2O6/c1-13-8-14(2)10-15(9-13)24-12-22-5-4-16(30-22)18(19(22)20(24)26)21(27)29-11-17(25)23-6-7-28-3/h4-5,8-10,16,18-19H,6-7,11-12H2,1-3H3,(H,23,25)/t16-,18-,19+,22+/m0/s1. The zero-order valence-corrected chi connectivity index (χ0v) is 17.3. The van der Waals surface area contributed by atoms with Crippen molar-refractivity contribution in [3.05, 3.63) is 41.5 Å². The lowest BCUT2D eigenvalue weighted by molar-refractivity contribution is -0.155. The number of aryl methyl sites for hydroxylation is 2. The molecule has 4 rings (SSSR count). The topological polar surface area (TPSA) is 94.2 Å². The Morgan fingerprint density at radius 2 is 2.00 bits per heavy atom. The zero-order chi connectivity index (χ0) is 21.5. The van der Waals surface area contributed by atoms with Gasteiger partial charge < -0.3 is 24.4 Å². The number of methoxy groups -OCH3 is 1. The molecule has 0 saturated carbocycles. The number of rotatable bonds is 7. The Balaban J connectivity index is 1.48. The highest BCUT2D eigenvalue weighted by Crippen LogP contribution is 2.53. The second-order valence-corrected chi connectivity index (χ2v) is 8.12. The van der Waals surface area contributed by atoms with Gasteiger partial charge in [-0.15, -0.1) is 0 Å². The lowest BCUT2D eigenvalue weighted by Gasteiger charge is -2.22. The molecule has 2 saturated heterocycles. The van der Waals surface area contributed by atoms with E-state index in [4.69, 9.17) is 14.2 Å². The quantitative estimate of drug-likeness (QED) is 0.405. The third-order valence-corrected chi connectivity index (χ3v) is 5.86. The molecular weight excluding hydrogens is 388 g/mol. The van der Waals surface area contributed by atoms with E-state index in [1.807, 2.05) is 44.2 Å². The summed E-state index contributed by atoms with van der Waals surface area (Å²) in [4.78, 5) is 39.6. The van der Waals surface area contributed by atoms with Crippen LogP contribution in [0.2, 0.25) is 0 Å². The Kier molecular flexibility index (Phi) is 5.38. The molecular formula is C22H26N2O6. The first-order valence-corrected chi connectivity index (χ1v) is 10.0. The predicted octanol–water partition coefficient (Wildman–Crippen LogP) is 0.896. The normalized spacial score (nSPS) is 28.7. The second kappa shape index (κ2) is 7.85. The molecule has 1 N–H and O–H groups in total. The summed E-state index contributed by atoms with van der Waals surface area (Å²) >= 11 is 0. The number of anilines is 1. The average molecular weight is 414 g/mol. The van der Waals surface area contributed by atoms with Crippen LogP contribution in [0, 0.1) is 25.7 Å². The van der Waals surface area contributed by atoms with Crippen LogP contribution in [0.4, 0.5) is 5.69 Å². The van der Waals surface area contributed by atoms with Gasteiger partial charge in [0, 0.05) is 19.3 Å². The molecule has 2 amide bonds. The first-order valence-electron chi connectivity index (χ1n) is 10.0. The molecule has 4 atom stereocenters. The third-order valence-electron chi connectivity index (χ3n) is 5.86. The Hall–Kier alpha value is -2.71. The van der Waals surface area contributed by atoms with Crippen molar-refractivity contribution >= 4 is 23.5 Å². The summed E-state index contributed by atoms with van der Waals surface area (Å²) in [5.74, 6) is -2.57. The van der Waals surface area contributed by atoms with E-state index in [-0.39, 0.29) is 5.91 Å². The van der Waals surface area contributed by atoms with Gasteiger partial charge in [-0.3, -0.25) is 14.4 Å². The molecule has 30 heavy (non-hydrogen) atoms. The number of benzene rings is 1. The van der Waals surface area contributed by atoms with Gasteiger partial charge in [-0.2, -0.15) is 0 Å². The van der Waals surface area contributed by atoms with E-state index in [2.05, 4.69) is 5.32 Å². The number of nitrogens with one attached hydrogen (secondary N) is 1. The van der Waals surface area contributed by atoms with Crippen LogP contribution in [0.25, 0.3) is 0 Å². The molecule has 3 heterocycles. The van der Waals surface area contributed by atoms with Crippen LogP contribution in [0.3, 0.4) is 0 Å². The molecule has 160 valence electrons. The van der Waals surface area contributed by atoms with Crippen LogP contribution >= 0.6 is 0 Å². The van der Waals surface area contributed by atoms with Gasteiger partial charge in [-0.1, -0.05) is 18.2 Å². The van der Waals surface area contributed by atoms with Crippen molar-refractivity contribution in [2.75, 3.05) is 38.3 Å². The van der Waals surface area contributed by atoms with Gasteiger partial charge >= 0.3 is 5.97 Å². The molecule has 8 nitrogen and oxygen atoms in total. The summed E-state index contributed by atoms with van der Waals surface area (Å²) in [6.45, 7) is 4.63. The fraction of sp³-hybridized carbons (Fsp3) is 0.500. The van der Waals surface area contributed by atoms with E-state index >= 15 is 0 Å². The number of hydrogen-bond donors (Lipinski definition) is 1. The average Bonchev–Trinajstić information content (AvgIpc) is 3.34. The number of nitrogens with zero attached hydrogens (tertiary/aromatic N) is 1. The summed E-state index contributed by atoms with van der Waals surface area (Å²) in [6.07, 6.45) is 3.20. The monoisotopic (exact) mass is 414 g/mol. The van der Waals surface area contributed by atoms with E-state index in [1.54, 1.807) is 4.90 Å². The van der Waals surface area contributed by atoms with Gasteiger partial charge in [0.25, 0.3) is 5.91 Å². The van der Waals surface area contributed by atoms with E-state index in [0.29, 0.717) is 19.7 Å². The van der Waals surface area contributed by atoms with Crippen LogP contribution < -0.4 is 10.2 Å². The number of esters is 1. The molecule has 0 unspecified atom stereocenters. The Bertz CT molecular complexity index is 893. The maximum absolute atomic E-state index is 13.3. The largest absolute Gasteiger partial charge is 0.455 e. The van der Waals surface area contributed by atoms with Gasteiger partial charge in [0.2, 0.25) is 5.91 Å². The van der Waals surface area contributed by atoms with E-state index in [9.17, 15) is 14.4 Å². The molecule has 2 bridgehead atoms. The molecule has 1 aromatic carbocycles. The first kappa shape index (κ1) is 20.6. The maximum Gasteiger partial charge on any atom is 0.313 e. The number of carbonyl (C=O) groups is 3. The van der Waals surface area contributed by atoms with Crippen LogP contribution in [-0.4, -0.2) is 62.9 Å². The van der Waals surface area contributed by atoms with Crippen molar-refractivity contribution < 1.29 is 28.6 Å². The van der Waals surface area contributed by atoms with Gasteiger partial charge in [0.1, 0.15) is 11.5 Å². The molecule has 0 aromatic heterocycles. The van der Waals surface area contributed by atoms with Crippen molar-refractivity contribution in [2.45, 2.75) is 25.6 Å². The van der Waals surface area contributed by atoms with Crippen molar-refractivity contribution in [1.82, 2.24) is 5.32 Å². The molecule has 3 aliphatic heterocycles. The summed E-state index contributed by atoms with van der Waals surface area (Å²) in [6, 6.07) is 5.95. The summed E-state index contributed by atoms with van der Waals surface area (Å²) in [5, 5.41) is 2.59. The second-order valence-electron chi connectivity index (χ2n) is 8.12. The van der Waals surface area contributed by atoms with Crippen molar-refractivity contribution in [3.63, 3.8) is 0 Å². The minimum atomic E-state index is -0.830. The number of ether oxygens (including phenoxy) is 3. The Morgan fingerprint density at radius 3 is 2.70 bits per heavy atom. The van der Waals surface area contributed by atoms with Gasteiger partial charge in [0.15, 0.2) is 6.61 Å². The molecule has 1 aromatic rings. The maximum atomic E-state index is 13.3. The molecule has 3 aliphatic rings. The van der Waals surface area contributed by atoms with E-state index < -0.39 is 42.0 Å². The number of hydrogen-bond acceptors (Lipinski definition) is 6. The van der Waals surface area contributed by atoms with Gasteiger partial charge in [0.05, 0.1) is 25.2 Å². The molecule has 1 spiro atoms. The van der Waals surface area contributed by atoms with Crippen LogP contribution in [-0.2, 0) is 28.6 Å². The summed E-state index contributed by atoms with van der Waals surface area (Å²) < 4.78 is 16.2. The Labute approximate surface area is 175 Å². The molecule has 0 radical (unpaired) electrons. The van der Waals surface area contributed by atoms with Crippen molar-refractivity contribution in [3.8, 4) is 0 Å². The SMILES string of the molecule is COCCNC(=O)COC(=O)[C@H]1[C@@H]2C=C[C@]3(CN(c4cc(C)cc(C)c4)C(=O)[C@@H]13)O2. The highest BCUT2D eigenvalue weighted by Gasteiger charge is 2.67. The van der Waals surface area contributed by atoms with Crippen LogP contribution in [0.5, 0.6) is 0 Å². The highest BCUT2D eigenvalue weighted by molar-refractivity contribution is 6.02. The highest BCUT2D eigenvalue weighted by atomic mass is 16.6. The first-order chi connectivity index (χ1) is 14.3. The van der Waals surface area contributed by atoms with Crippen LogP contribution in [0.1, 0.15) is 11.1 Å². The minimum Gasteiger partial charge on any atom is -0.455 e. The smallest absolute Gasteiger partial charge is 0.313 e. The minimum absolute atomic E-state index is 0.154.